The molecule has 9 nitrogen and oxygen atoms in total. The van der Waals surface area contributed by atoms with Crippen molar-refractivity contribution in [2.45, 2.75) is 25.8 Å². The number of hydrogen-bond acceptors (Lipinski definition) is 7. The van der Waals surface area contributed by atoms with Crippen LogP contribution in [0, 0.1) is 0 Å². The van der Waals surface area contributed by atoms with Crippen LogP contribution in [-0.4, -0.2) is 61.7 Å². The smallest absolute Gasteiger partial charge is 0.227 e. The van der Waals surface area contributed by atoms with E-state index in [-0.39, 0.29) is 5.91 Å². The van der Waals surface area contributed by atoms with E-state index in [0.717, 1.165) is 32.5 Å². The Labute approximate surface area is 140 Å². The third kappa shape index (κ3) is 4.18. The maximum Gasteiger partial charge on any atom is 0.227 e. The summed E-state index contributed by atoms with van der Waals surface area (Å²) in [5.41, 5.74) is 5.72. The first-order valence-corrected chi connectivity index (χ1v) is 8.16. The molecule has 0 saturated carbocycles. The average molecular weight is 330 g/mol. The molecule has 0 bridgehead atoms. The van der Waals surface area contributed by atoms with E-state index < -0.39 is 0 Å². The van der Waals surface area contributed by atoms with Crippen molar-refractivity contribution in [1.82, 2.24) is 29.6 Å². The molecule has 0 aliphatic carbocycles. The molecule has 1 aliphatic heterocycles. The molecular weight excluding hydrogens is 308 g/mol. The van der Waals surface area contributed by atoms with Crippen molar-refractivity contribution in [2.24, 2.45) is 0 Å². The van der Waals surface area contributed by atoms with Crippen molar-refractivity contribution < 1.29 is 4.79 Å². The van der Waals surface area contributed by atoms with Crippen molar-refractivity contribution in [1.29, 1.82) is 0 Å². The second-order valence-electron chi connectivity index (χ2n) is 5.77. The largest absolute Gasteiger partial charge is 0.384 e. The molecule has 0 aromatic carbocycles. The third-order valence-electron chi connectivity index (χ3n) is 4.04. The number of carbonyl (C=O) groups excluding carboxylic acids is 1. The molecule has 128 valence electrons. The maximum absolute atomic E-state index is 12.4. The van der Waals surface area contributed by atoms with Gasteiger partial charge in [-0.3, -0.25) is 9.48 Å². The molecule has 2 aromatic heterocycles. The standard InChI is InChI=1S/C15H22N8O/c16-13-4-5-18-15(20-13)22-7-2-6-21(9-10-22)14(24)3-1-8-23-12-17-11-19-23/h4-5,11-12H,1-3,6-10H2,(H2,16,18,20). The number of nitrogen functional groups attached to an aromatic ring is 1. The highest BCUT2D eigenvalue weighted by Gasteiger charge is 2.20. The molecule has 0 spiro atoms. The Kier molecular flexibility index (Phi) is 5.19. The number of carbonyl (C=O) groups is 1. The fraction of sp³-hybridized carbons (Fsp3) is 0.533. The minimum Gasteiger partial charge on any atom is -0.384 e. The van der Waals surface area contributed by atoms with E-state index in [1.807, 2.05) is 4.90 Å². The Morgan fingerprint density at radius 1 is 1.25 bits per heavy atom. The van der Waals surface area contributed by atoms with Gasteiger partial charge in [0, 0.05) is 45.3 Å². The molecule has 24 heavy (non-hydrogen) atoms. The topological polar surface area (TPSA) is 106 Å². The zero-order valence-corrected chi connectivity index (χ0v) is 13.6. The summed E-state index contributed by atoms with van der Waals surface area (Å²) < 4.78 is 1.74. The monoisotopic (exact) mass is 330 g/mol. The van der Waals surface area contributed by atoms with Crippen LogP contribution >= 0.6 is 0 Å². The van der Waals surface area contributed by atoms with E-state index in [2.05, 4.69) is 25.0 Å². The number of anilines is 2. The summed E-state index contributed by atoms with van der Waals surface area (Å²) in [6.07, 6.45) is 7.02. The Bertz CT molecular complexity index is 659. The van der Waals surface area contributed by atoms with Gasteiger partial charge < -0.3 is 15.5 Å². The van der Waals surface area contributed by atoms with Crippen LogP contribution in [0.25, 0.3) is 0 Å². The predicted molar refractivity (Wildman–Crippen MR) is 89.1 cm³/mol. The van der Waals surface area contributed by atoms with Gasteiger partial charge in [-0.25, -0.2) is 9.97 Å². The highest BCUT2D eigenvalue weighted by Crippen LogP contribution is 2.13. The van der Waals surface area contributed by atoms with Crippen molar-refractivity contribution >= 4 is 17.7 Å². The summed E-state index contributed by atoms with van der Waals surface area (Å²) in [4.78, 5) is 28.8. The number of amides is 1. The van der Waals surface area contributed by atoms with Crippen molar-refractivity contribution in [3.63, 3.8) is 0 Å². The van der Waals surface area contributed by atoms with Crippen LogP contribution in [0.1, 0.15) is 19.3 Å². The van der Waals surface area contributed by atoms with Crippen LogP contribution in [0.2, 0.25) is 0 Å². The lowest BCUT2D eigenvalue weighted by atomic mass is 10.2. The number of nitrogens with zero attached hydrogens (tertiary/aromatic N) is 7. The lowest BCUT2D eigenvalue weighted by Crippen LogP contribution is -2.35. The van der Waals surface area contributed by atoms with Gasteiger partial charge in [-0.05, 0) is 18.9 Å². The van der Waals surface area contributed by atoms with Gasteiger partial charge in [-0.15, -0.1) is 0 Å². The zero-order chi connectivity index (χ0) is 16.8. The minimum atomic E-state index is 0.186. The number of aryl methyl sites for hydroxylation is 1. The first kappa shape index (κ1) is 16.2. The lowest BCUT2D eigenvalue weighted by Gasteiger charge is -2.22. The summed E-state index contributed by atoms with van der Waals surface area (Å²) in [5, 5.41) is 4.04. The highest BCUT2D eigenvalue weighted by molar-refractivity contribution is 5.76. The van der Waals surface area contributed by atoms with E-state index in [0.29, 0.717) is 31.3 Å². The van der Waals surface area contributed by atoms with Gasteiger partial charge in [-0.2, -0.15) is 10.1 Å². The molecule has 0 radical (unpaired) electrons. The number of rotatable bonds is 5. The van der Waals surface area contributed by atoms with Crippen molar-refractivity contribution in [3.05, 3.63) is 24.9 Å². The van der Waals surface area contributed by atoms with Gasteiger partial charge in [0.1, 0.15) is 18.5 Å². The summed E-state index contributed by atoms with van der Waals surface area (Å²) >= 11 is 0. The molecule has 9 heteroatoms. The van der Waals surface area contributed by atoms with Crippen LogP contribution in [-0.2, 0) is 11.3 Å². The number of nitrogens with two attached hydrogens (primary N) is 1. The van der Waals surface area contributed by atoms with Gasteiger partial charge in [0.15, 0.2) is 0 Å². The molecule has 2 aromatic rings. The second-order valence-corrected chi connectivity index (χ2v) is 5.77. The minimum absolute atomic E-state index is 0.186. The highest BCUT2D eigenvalue weighted by atomic mass is 16.2. The molecule has 1 fully saturated rings. The van der Waals surface area contributed by atoms with Crippen LogP contribution in [0.15, 0.2) is 24.9 Å². The van der Waals surface area contributed by atoms with Gasteiger partial charge in [0.05, 0.1) is 0 Å². The fourth-order valence-electron chi connectivity index (χ4n) is 2.78. The predicted octanol–water partition coefficient (Wildman–Crippen LogP) is 0.169. The van der Waals surface area contributed by atoms with Crippen molar-refractivity contribution in [2.75, 3.05) is 36.8 Å². The van der Waals surface area contributed by atoms with E-state index in [1.165, 1.54) is 6.33 Å². The SMILES string of the molecule is Nc1ccnc(N2CCCN(C(=O)CCCn3cncn3)CC2)n1. The Balaban J connectivity index is 1.48. The first-order valence-electron chi connectivity index (χ1n) is 8.16. The number of hydrogen-bond donors (Lipinski definition) is 1. The quantitative estimate of drug-likeness (QED) is 0.833. The summed E-state index contributed by atoms with van der Waals surface area (Å²) in [6, 6.07) is 1.67. The van der Waals surface area contributed by atoms with E-state index >= 15 is 0 Å². The van der Waals surface area contributed by atoms with Crippen LogP contribution in [0.4, 0.5) is 11.8 Å². The second kappa shape index (κ2) is 7.71. The van der Waals surface area contributed by atoms with E-state index in [1.54, 1.807) is 23.3 Å². The Morgan fingerprint density at radius 2 is 2.17 bits per heavy atom. The molecule has 3 heterocycles. The van der Waals surface area contributed by atoms with Gasteiger partial charge in [0.2, 0.25) is 11.9 Å². The van der Waals surface area contributed by atoms with Crippen LogP contribution in [0.3, 0.4) is 0 Å². The molecule has 2 N–H and O–H groups in total. The zero-order valence-electron chi connectivity index (χ0n) is 13.6. The normalized spacial score (nSPS) is 15.3. The molecule has 1 aliphatic rings. The van der Waals surface area contributed by atoms with Crippen LogP contribution in [0.5, 0.6) is 0 Å². The molecular formula is C15H22N8O. The molecule has 1 amide bonds. The van der Waals surface area contributed by atoms with Gasteiger partial charge in [-0.1, -0.05) is 0 Å². The molecule has 0 atom stereocenters. The lowest BCUT2D eigenvalue weighted by molar-refractivity contribution is -0.131. The third-order valence-corrected chi connectivity index (χ3v) is 4.04. The molecule has 1 saturated heterocycles. The van der Waals surface area contributed by atoms with Crippen molar-refractivity contribution in [3.8, 4) is 0 Å². The molecule has 0 unspecified atom stereocenters. The number of aromatic nitrogens is 5. The Morgan fingerprint density at radius 3 is 2.96 bits per heavy atom. The fourth-order valence-corrected chi connectivity index (χ4v) is 2.78. The van der Waals surface area contributed by atoms with E-state index in [4.69, 9.17) is 5.73 Å². The first-order chi connectivity index (χ1) is 11.7. The van der Waals surface area contributed by atoms with Gasteiger partial charge >= 0.3 is 0 Å². The van der Waals surface area contributed by atoms with Gasteiger partial charge in [0.25, 0.3) is 0 Å². The van der Waals surface area contributed by atoms with E-state index in [9.17, 15) is 4.79 Å². The molecule has 3 rings (SSSR count). The average Bonchev–Trinajstić information content (AvgIpc) is 2.97. The summed E-state index contributed by atoms with van der Waals surface area (Å²) in [5.74, 6) is 1.28. The summed E-state index contributed by atoms with van der Waals surface area (Å²) in [7, 11) is 0. The summed E-state index contributed by atoms with van der Waals surface area (Å²) in [6.45, 7) is 3.70. The Hall–Kier alpha value is -2.71. The maximum atomic E-state index is 12.4. The van der Waals surface area contributed by atoms with Crippen LogP contribution < -0.4 is 10.6 Å².